The van der Waals surface area contributed by atoms with Gasteiger partial charge in [0.2, 0.25) is 0 Å². The van der Waals surface area contributed by atoms with E-state index in [4.69, 9.17) is 5.73 Å². The monoisotopic (exact) mass is 260 g/mol. The Bertz CT molecular complexity index is 576. The predicted octanol–water partition coefficient (Wildman–Crippen LogP) is 3.37. The first-order valence-electron chi connectivity index (χ1n) is 6.14. The van der Waals surface area contributed by atoms with Gasteiger partial charge in [0.25, 0.3) is 0 Å². The topological polar surface area (TPSA) is 63.8 Å². The minimum Gasteiger partial charge on any atom is -0.384 e. The number of aromatic nitrogens is 2. The number of rotatable bonds is 3. The minimum atomic E-state index is -0.316. The zero-order chi connectivity index (χ0) is 14.0. The zero-order valence-corrected chi connectivity index (χ0v) is 11.2. The number of anilines is 3. The highest BCUT2D eigenvalue weighted by atomic mass is 19.1. The Morgan fingerprint density at radius 1 is 1.26 bits per heavy atom. The number of benzene rings is 1. The number of para-hydroxylation sites is 1. The molecule has 0 bridgehead atoms. The molecule has 2 rings (SSSR count). The van der Waals surface area contributed by atoms with Gasteiger partial charge >= 0.3 is 0 Å². The maximum atomic E-state index is 13.8. The van der Waals surface area contributed by atoms with Gasteiger partial charge in [-0.05, 0) is 18.6 Å². The first-order chi connectivity index (χ1) is 8.97. The molecular weight excluding hydrogens is 243 g/mol. The maximum Gasteiger partial charge on any atom is 0.146 e. The minimum absolute atomic E-state index is 0.158. The number of nitrogens with one attached hydrogen (secondary N) is 1. The van der Waals surface area contributed by atoms with E-state index in [1.807, 2.05) is 26.8 Å². The molecule has 0 fully saturated rings. The fraction of sp³-hybridized carbons (Fsp3) is 0.286. The molecule has 0 saturated heterocycles. The SMILES string of the molecule is Cc1cccc(F)c1Nc1cc(N)nc(C(C)C)n1. The van der Waals surface area contributed by atoms with E-state index < -0.39 is 0 Å². The largest absolute Gasteiger partial charge is 0.384 e. The second-order valence-corrected chi connectivity index (χ2v) is 4.75. The van der Waals surface area contributed by atoms with E-state index in [0.29, 0.717) is 23.1 Å². The van der Waals surface area contributed by atoms with Crippen molar-refractivity contribution in [2.45, 2.75) is 26.7 Å². The normalized spacial score (nSPS) is 10.8. The first-order valence-corrected chi connectivity index (χ1v) is 6.14. The molecule has 1 aromatic heterocycles. The number of hydrogen-bond donors (Lipinski definition) is 2. The van der Waals surface area contributed by atoms with E-state index in [1.54, 1.807) is 12.1 Å². The van der Waals surface area contributed by atoms with Crippen LogP contribution in [0.2, 0.25) is 0 Å². The predicted molar refractivity (Wildman–Crippen MR) is 75.0 cm³/mol. The Labute approximate surface area is 111 Å². The number of nitrogen functional groups attached to an aromatic ring is 1. The summed E-state index contributed by atoms with van der Waals surface area (Å²) in [5.41, 5.74) is 6.96. The first kappa shape index (κ1) is 13.3. The van der Waals surface area contributed by atoms with Crippen molar-refractivity contribution in [2.24, 2.45) is 0 Å². The molecule has 0 aliphatic rings. The quantitative estimate of drug-likeness (QED) is 0.888. The molecule has 100 valence electrons. The summed E-state index contributed by atoms with van der Waals surface area (Å²) < 4.78 is 13.8. The number of halogens is 1. The lowest BCUT2D eigenvalue weighted by Crippen LogP contribution is -2.06. The van der Waals surface area contributed by atoms with Crippen LogP contribution in [0.25, 0.3) is 0 Å². The van der Waals surface area contributed by atoms with Crippen molar-refractivity contribution in [3.05, 3.63) is 41.5 Å². The Hall–Kier alpha value is -2.17. The van der Waals surface area contributed by atoms with Crippen molar-refractivity contribution in [1.29, 1.82) is 0 Å². The van der Waals surface area contributed by atoms with E-state index in [2.05, 4.69) is 15.3 Å². The standard InChI is InChI=1S/C14H17FN4/c1-8(2)14-17-11(16)7-12(19-14)18-13-9(3)5-4-6-10(13)15/h4-8H,1-3H3,(H3,16,17,18,19). The van der Waals surface area contributed by atoms with E-state index in [-0.39, 0.29) is 11.7 Å². The van der Waals surface area contributed by atoms with Crippen LogP contribution in [0.15, 0.2) is 24.3 Å². The average molecular weight is 260 g/mol. The number of nitrogens with zero attached hydrogens (tertiary/aromatic N) is 2. The van der Waals surface area contributed by atoms with Crippen LogP contribution < -0.4 is 11.1 Å². The van der Waals surface area contributed by atoms with Gasteiger partial charge in [0, 0.05) is 12.0 Å². The third kappa shape index (κ3) is 2.99. The van der Waals surface area contributed by atoms with Crippen LogP contribution in [0.4, 0.5) is 21.7 Å². The van der Waals surface area contributed by atoms with Gasteiger partial charge in [0.05, 0.1) is 5.69 Å². The molecule has 0 radical (unpaired) electrons. The summed E-state index contributed by atoms with van der Waals surface area (Å²) in [5.74, 6) is 1.35. The van der Waals surface area contributed by atoms with E-state index >= 15 is 0 Å². The molecule has 19 heavy (non-hydrogen) atoms. The molecule has 0 saturated carbocycles. The number of nitrogens with two attached hydrogens (primary N) is 1. The van der Waals surface area contributed by atoms with Gasteiger partial charge in [-0.25, -0.2) is 14.4 Å². The zero-order valence-electron chi connectivity index (χ0n) is 11.2. The third-order valence-corrected chi connectivity index (χ3v) is 2.75. The van der Waals surface area contributed by atoms with Gasteiger partial charge in [-0.3, -0.25) is 0 Å². The van der Waals surface area contributed by atoms with Crippen molar-refractivity contribution < 1.29 is 4.39 Å². The molecule has 3 N–H and O–H groups in total. The molecule has 5 heteroatoms. The highest BCUT2D eigenvalue weighted by Gasteiger charge is 2.10. The number of hydrogen-bond acceptors (Lipinski definition) is 4. The van der Waals surface area contributed by atoms with Gasteiger partial charge < -0.3 is 11.1 Å². The fourth-order valence-electron chi connectivity index (χ4n) is 1.73. The van der Waals surface area contributed by atoms with Crippen LogP contribution >= 0.6 is 0 Å². The number of aryl methyl sites for hydroxylation is 1. The second kappa shape index (κ2) is 5.22. The van der Waals surface area contributed by atoms with Gasteiger partial charge in [0.15, 0.2) is 0 Å². The van der Waals surface area contributed by atoms with Crippen molar-refractivity contribution >= 4 is 17.3 Å². The second-order valence-electron chi connectivity index (χ2n) is 4.75. The molecule has 0 spiro atoms. The molecule has 1 heterocycles. The van der Waals surface area contributed by atoms with Crippen LogP contribution in [0, 0.1) is 12.7 Å². The van der Waals surface area contributed by atoms with Crippen molar-refractivity contribution in [3.63, 3.8) is 0 Å². The maximum absolute atomic E-state index is 13.8. The summed E-state index contributed by atoms with van der Waals surface area (Å²) in [6.07, 6.45) is 0. The van der Waals surface area contributed by atoms with Crippen LogP contribution in [-0.2, 0) is 0 Å². The Kier molecular flexibility index (Phi) is 3.64. The summed E-state index contributed by atoms with van der Waals surface area (Å²) in [6.45, 7) is 5.79. The summed E-state index contributed by atoms with van der Waals surface area (Å²) in [5, 5.41) is 2.97. The Balaban J connectivity index is 2.38. The molecule has 0 amide bonds. The lowest BCUT2D eigenvalue weighted by Gasteiger charge is -2.12. The van der Waals surface area contributed by atoms with Gasteiger partial charge in [0.1, 0.15) is 23.3 Å². The van der Waals surface area contributed by atoms with E-state index in [1.165, 1.54) is 6.07 Å². The molecule has 0 unspecified atom stereocenters. The van der Waals surface area contributed by atoms with Crippen molar-refractivity contribution in [2.75, 3.05) is 11.1 Å². The molecule has 2 aromatic rings. The van der Waals surface area contributed by atoms with Crippen molar-refractivity contribution in [1.82, 2.24) is 9.97 Å². The summed E-state index contributed by atoms with van der Waals surface area (Å²) in [4.78, 5) is 8.49. The summed E-state index contributed by atoms with van der Waals surface area (Å²) in [7, 11) is 0. The highest BCUT2D eigenvalue weighted by Crippen LogP contribution is 2.24. The molecule has 4 nitrogen and oxygen atoms in total. The molecule has 0 aliphatic heterocycles. The van der Waals surface area contributed by atoms with E-state index in [0.717, 1.165) is 5.56 Å². The van der Waals surface area contributed by atoms with Gasteiger partial charge in [-0.2, -0.15) is 0 Å². The van der Waals surface area contributed by atoms with Crippen molar-refractivity contribution in [3.8, 4) is 0 Å². The van der Waals surface area contributed by atoms with Crippen LogP contribution in [0.1, 0.15) is 31.2 Å². The van der Waals surface area contributed by atoms with Crippen LogP contribution in [0.5, 0.6) is 0 Å². The Morgan fingerprint density at radius 2 is 2.00 bits per heavy atom. The molecule has 0 aliphatic carbocycles. The molecule has 0 atom stereocenters. The molecule has 1 aromatic carbocycles. The summed E-state index contributed by atoms with van der Waals surface area (Å²) in [6, 6.07) is 6.50. The molecular formula is C14H17FN4. The smallest absolute Gasteiger partial charge is 0.146 e. The Morgan fingerprint density at radius 3 is 2.63 bits per heavy atom. The lowest BCUT2D eigenvalue weighted by molar-refractivity contribution is 0.630. The average Bonchev–Trinajstić information content (AvgIpc) is 2.33. The highest BCUT2D eigenvalue weighted by molar-refractivity contribution is 5.62. The fourth-order valence-corrected chi connectivity index (χ4v) is 1.73. The third-order valence-electron chi connectivity index (χ3n) is 2.75. The summed E-state index contributed by atoms with van der Waals surface area (Å²) >= 11 is 0. The van der Waals surface area contributed by atoms with E-state index in [9.17, 15) is 4.39 Å². The van der Waals surface area contributed by atoms with Gasteiger partial charge in [-0.15, -0.1) is 0 Å². The van der Waals surface area contributed by atoms with Crippen LogP contribution in [0.3, 0.4) is 0 Å². The van der Waals surface area contributed by atoms with Crippen LogP contribution in [-0.4, -0.2) is 9.97 Å². The van der Waals surface area contributed by atoms with Gasteiger partial charge in [-0.1, -0.05) is 26.0 Å². The lowest BCUT2D eigenvalue weighted by atomic mass is 10.2.